The molecule has 0 amide bonds. The molecule has 1 aliphatic heterocycles. The van der Waals surface area contributed by atoms with E-state index < -0.39 is 11.6 Å². The standard InChI is InChI=1S/C17H26F2N2/c1-13(2)10-20-11-14-6-8-21(9-7-14)12-15-16(18)4-3-5-17(15)19/h3-5,13-14,20H,6-12H2,1-2H3. The summed E-state index contributed by atoms with van der Waals surface area (Å²) in [4.78, 5) is 2.15. The zero-order valence-corrected chi connectivity index (χ0v) is 13.0. The molecule has 1 heterocycles. The van der Waals surface area contributed by atoms with E-state index in [0.717, 1.165) is 39.0 Å². The maximum absolute atomic E-state index is 13.6. The predicted octanol–water partition coefficient (Wildman–Crippen LogP) is 3.42. The molecule has 0 spiro atoms. The lowest BCUT2D eigenvalue weighted by Gasteiger charge is -2.32. The van der Waals surface area contributed by atoms with Crippen LogP contribution >= 0.6 is 0 Å². The van der Waals surface area contributed by atoms with Crippen molar-refractivity contribution in [2.75, 3.05) is 26.2 Å². The molecule has 1 aromatic carbocycles. The van der Waals surface area contributed by atoms with Gasteiger partial charge in [-0.05, 0) is 63.0 Å². The first kappa shape index (κ1) is 16.4. The molecule has 0 atom stereocenters. The van der Waals surface area contributed by atoms with Crippen molar-refractivity contribution in [2.45, 2.75) is 33.2 Å². The molecule has 0 saturated carbocycles. The van der Waals surface area contributed by atoms with Crippen LogP contribution in [0.1, 0.15) is 32.3 Å². The summed E-state index contributed by atoms with van der Waals surface area (Å²) in [7, 11) is 0. The summed E-state index contributed by atoms with van der Waals surface area (Å²) in [6.07, 6.45) is 2.20. The van der Waals surface area contributed by atoms with E-state index in [1.165, 1.54) is 18.2 Å². The molecule has 0 unspecified atom stereocenters. The van der Waals surface area contributed by atoms with Crippen molar-refractivity contribution in [3.05, 3.63) is 35.4 Å². The van der Waals surface area contributed by atoms with Crippen LogP contribution in [0.2, 0.25) is 0 Å². The highest BCUT2D eigenvalue weighted by molar-refractivity contribution is 5.19. The zero-order valence-electron chi connectivity index (χ0n) is 13.0. The van der Waals surface area contributed by atoms with Gasteiger partial charge in [0, 0.05) is 12.1 Å². The molecule has 1 saturated heterocycles. The molecule has 0 bridgehead atoms. The van der Waals surface area contributed by atoms with Crippen LogP contribution in [0.4, 0.5) is 8.78 Å². The molecular weight excluding hydrogens is 270 g/mol. The van der Waals surface area contributed by atoms with Gasteiger partial charge in [-0.2, -0.15) is 0 Å². The third kappa shape index (κ3) is 5.04. The Kier molecular flexibility index (Phi) is 6.12. The van der Waals surface area contributed by atoms with Crippen LogP contribution in [0.5, 0.6) is 0 Å². The van der Waals surface area contributed by atoms with Crippen molar-refractivity contribution in [3.63, 3.8) is 0 Å². The van der Waals surface area contributed by atoms with Crippen molar-refractivity contribution < 1.29 is 8.78 Å². The Morgan fingerprint density at radius 1 is 1.19 bits per heavy atom. The highest BCUT2D eigenvalue weighted by Gasteiger charge is 2.21. The van der Waals surface area contributed by atoms with Crippen molar-refractivity contribution in [1.82, 2.24) is 10.2 Å². The van der Waals surface area contributed by atoms with Crippen LogP contribution in [-0.4, -0.2) is 31.1 Å². The van der Waals surface area contributed by atoms with Gasteiger partial charge < -0.3 is 5.32 Å². The summed E-state index contributed by atoms with van der Waals surface area (Å²) in [6.45, 7) is 8.74. The number of halogens is 2. The second kappa shape index (κ2) is 7.85. The molecule has 2 rings (SSSR count). The van der Waals surface area contributed by atoms with Crippen LogP contribution in [0, 0.1) is 23.5 Å². The number of rotatable bonds is 6. The van der Waals surface area contributed by atoms with Crippen molar-refractivity contribution in [1.29, 1.82) is 0 Å². The summed E-state index contributed by atoms with van der Waals surface area (Å²) < 4.78 is 27.3. The van der Waals surface area contributed by atoms with E-state index in [1.807, 2.05) is 0 Å². The van der Waals surface area contributed by atoms with E-state index in [9.17, 15) is 8.78 Å². The Morgan fingerprint density at radius 2 is 1.81 bits per heavy atom. The first-order chi connectivity index (χ1) is 10.1. The fourth-order valence-corrected chi connectivity index (χ4v) is 2.83. The van der Waals surface area contributed by atoms with Gasteiger partial charge in [-0.3, -0.25) is 4.90 Å². The Bertz CT molecular complexity index is 420. The SMILES string of the molecule is CC(C)CNCC1CCN(Cc2c(F)cccc2F)CC1. The van der Waals surface area contributed by atoms with Crippen LogP contribution in [0.25, 0.3) is 0 Å². The maximum atomic E-state index is 13.6. The molecule has 118 valence electrons. The Labute approximate surface area is 126 Å². The molecule has 1 fully saturated rings. The van der Waals surface area contributed by atoms with Gasteiger partial charge in [-0.15, -0.1) is 0 Å². The summed E-state index contributed by atoms with van der Waals surface area (Å²) in [6, 6.07) is 4.09. The largest absolute Gasteiger partial charge is 0.316 e. The lowest BCUT2D eigenvalue weighted by Crippen LogP contribution is -2.37. The normalized spacial score (nSPS) is 17.6. The molecule has 0 radical (unpaired) electrons. The molecule has 1 aliphatic rings. The van der Waals surface area contributed by atoms with E-state index >= 15 is 0 Å². The van der Waals surface area contributed by atoms with Crippen molar-refractivity contribution in [3.8, 4) is 0 Å². The number of nitrogens with one attached hydrogen (secondary N) is 1. The third-order valence-corrected chi connectivity index (χ3v) is 4.14. The monoisotopic (exact) mass is 296 g/mol. The molecular formula is C17H26F2N2. The number of likely N-dealkylation sites (tertiary alicyclic amines) is 1. The van der Waals surface area contributed by atoms with Crippen molar-refractivity contribution in [2.24, 2.45) is 11.8 Å². The minimum Gasteiger partial charge on any atom is -0.316 e. The lowest BCUT2D eigenvalue weighted by molar-refractivity contribution is 0.171. The summed E-state index contributed by atoms with van der Waals surface area (Å²) >= 11 is 0. The van der Waals surface area contributed by atoms with Gasteiger partial charge in [-0.1, -0.05) is 19.9 Å². The zero-order chi connectivity index (χ0) is 15.2. The van der Waals surface area contributed by atoms with E-state index in [-0.39, 0.29) is 5.56 Å². The second-order valence-electron chi connectivity index (χ2n) is 6.47. The minimum atomic E-state index is -0.435. The van der Waals surface area contributed by atoms with Gasteiger partial charge in [0.15, 0.2) is 0 Å². The summed E-state index contributed by atoms with van der Waals surface area (Å²) in [5.41, 5.74) is 0.203. The molecule has 1 aromatic rings. The first-order valence-electron chi connectivity index (χ1n) is 7.92. The number of hydrogen-bond acceptors (Lipinski definition) is 2. The van der Waals surface area contributed by atoms with Gasteiger partial charge in [0.05, 0.1) is 0 Å². The Morgan fingerprint density at radius 3 is 2.38 bits per heavy atom. The van der Waals surface area contributed by atoms with Crippen LogP contribution in [-0.2, 0) is 6.54 Å². The van der Waals surface area contributed by atoms with Crippen LogP contribution < -0.4 is 5.32 Å². The molecule has 0 aromatic heterocycles. The molecule has 2 nitrogen and oxygen atoms in total. The molecule has 21 heavy (non-hydrogen) atoms. The molecule has 4 heteroatoms. The highest BCUT2D eigenvalue weighted by Crippen LogP contribution is 2.21. The van der Waals surface area contributed by atoms with Gasteiger partial charge in [0.25, 0.3) is 0 Å². The van der Waals surface area contributed by atoms with E-state index in [0.29, 0.717) is 18.4 Å². The summed E-state index contributed by atoms with van der Waals surface area (Å²) in [5.74, 6) is 0.492. The number of hydrogen-bond donors (Lipinski definition) is 1. The first-order valence-corrected chi connectivity index (χ1v) is 7.92. The van der Waals surface area contributed by atoms with E-state index in [2.05, 4.69) is 24.1 Å². The maximum Gasteiger partial charge on any atom is 0.130 e. The average Bonchev–Trinajstić information content (AvgIpc) is 2.44. The van der Waals surface area contributed by atoms with Crippen LogP contribution in [0.3, 0.4) is 0 Å². The van der Waals surface area contributed by atoms with Gasteiger partial charge in [0.2, 0.25) is 0 Å². The number of piperidine rings is 1. The lowest BCUT2D eigenvalue weighted by atomic mass is 9.96. The Balaban J connectivity index is 1.76. The van der Waals surface area contributed by atoms with Gasteiger partial charge in [0.1, 0.15) is 11.6 Å². The van der Waals surface area contributed by atoms with E-state index in [4.69, 9.17) is 0 Å². The van der Waals surface area contributed by atoms with E-state index in [1.54, 1.807) is 0 Å². The summed E-state index contributed by atoms with van der Waals surface area (Å²) in [5, 5.41) is 3.50. The Hall–Kier alpha value is -1.00. The highest BCUT2D eigenvalue weighted by atomic mass is 19.1. The minimum absolute atomic E-state index is 0.203. The fourth-order valence-electron chi connectivity index (χ4n) is 2.83. The topological polar surface area (TPSA) is 15.3 Å². The second-order valence-corrected chi connectivity index (χ2v) is 6.47. The average molecular weight is 296 g/mol. The number of benzene rings is 1. The van der Waals surface area contributed by atoms with Crippen LogP contribution in [0.15, 0.2) is 18.2 Å². The van der Waals surface area contributed by atoms with Gasteiger partial charge in [-0.25, -0.2) is 8.78 Å². The molecule has 0 aliphatic carbocycles. The smallest absolute Gasteiger partial charge is 0.130 e. The number of nitrogens with zero attached hydrogens (tertiary/aromatic N) is 1. The van der Waals surface area contributed by atoms with Crippen molar-refractivity contribution >= 4 is 0 Å². The quantitative estimate of drug-likeness (QED) is 0.865. The third-order valence-electron chi connectivity index (χ3n) is 4.14. The predicted molar refractivity (Wildman–Crippen MR) is 82.1 cm³/mol. The fraction of sp³-hybridized carbons (Fsp3) is 0.647. The van der Waals surface area contributed by atoms with Gasteiger partial charge >= 0.3 is 0 Å². The molecule has 1 N–H and O–H groups in total.